The molecule has 1 aromatic carbocycles. The molecule has 0 amide bonds. The van der Waals surface area contributed by atoms with Crippen LogP contribution >= 0.6 is 0 Å². The van der Waals surface area contributed by atoms with Crippen LogP contribution in [0.4, 0.5) is 0 Å². The van der Waals surface area contributed by atoms with Gasteiger partial charge in [0, 0.05) is 6.08 Å². The SMILES string of the molecule is O=C1C=C[C@H]([C@@H](O)CCCc2ccccc2)O1. The van der Waals surface area contributed by atoms with E-state index in [-0.39, 0.29) is 5.97 Å². The smallest absolute Gasteiger partial charge is 0.331 e. The molecule has 0 aliphatic carbocycles. The molecule has 3 nitrogen and oxygen atoms in total. The van der Waals surface area contributed by atoms with Crippen molar-refractivity contribution in [3.63, 3.8) is 0 Å². The van der Waals surface area contributed by atoms with Crippen molar-refractivity contribution in [2.24, 2.45) is 0 Å². The molecular formula is C14H16O3. The van der Waals surface area contributed by atoms with Crippen LogP contribution in [-0.4, -0.2) is 23.3 Å². The average Bonchev–Trinajstić information content (AvgIpc) is 2.77. The van der Waals surface area contributed by atoms with Gasteiger partial charge in [-0.15, -0.1) is 0 Å². The first-order valence-corrected chi connectivity index (χ1v) is 5.86. The van der Waals surface area contributed by atoms with Crippen LogP contribution in [0.1, 0.15) is 18.4 Å². The lowest BCUT2D eigenvalue weighted by Gasteiger charge is -2.15. The Labute approximate surface area is 101 Å². The van der Waals surface area contributed by atoms with E-state index in [9.17, 15) is 9.90 Å². The molecule has 0 aromatic heterocycles. The molecule has 0 saturated carbocycles. The van der Waals surface area contributed by atoms with Crippen molar-refractivity contribution < 1.29 is 14.6 Å². The van der Waals surface area contributed by atoms with E-state index in [4.69, 9.17) is 4.74 Å². The van der Waals surface area contributed by atoms with Crippen LogP contribution in [-0.2, 0) is 16.0 Å². The van der Waals surface area contributed by atoms with Crippen molar-refractivity contribution in [2.45, 2.75) is 31.5 Å². The van der Waals surface area contributed by atoms with Gasteiger partial charge in [-0.25, -0.2) is 4.79 Å². The fourth-order valence-corrected chi connectivity index (χ4v) is 1.92. The summed E-state index contributed by atoms with van der Waals surface area (Å²) in [6, 6.07) is 10.1. The number of esters is 1. The fraction of sp³-hybridized carbons (Fsp3) is 0.357. The molecule has 0 spiro atoms. The van der Waals surface area contributed by atoms with Gasteiger partial charge in [0.15, 0.2) is 0 Å². The Morgan fingerprint density at radius 1 is 1.29 bits per heavy atom. The molecule has 2 rings (SSSR count). The van der Waals surface area contributed by atoms with Crippen LogP contribution in [0.15, 0.2) is 42.5 Å². The van der Waals surface area contributed by atoms with Crippen LogP contribution in [0.5, 0.6) is 0 Å². The normalized spacial score (nSPS) is 20.3. The van der Waals surface area contributed by atoms with Gasteiger partial charge in [0.05, 0.1) is 6.10 Å². The minimum Gasteiger partial charge on any atom is -0.452 e. The zero-order chi connectivity index (χ0) is 12.1. The molecule has 0 fully saturated rings. The highest BCUT2D eigenvalue weighted by Crippen LogP contribution is 2.15. The van der Waals surface area contributed by atoms with E-state index in [2.05, 4.69) is 12.1 Å². The van der Waals surface area contributed by atoms with E-state index in [1.165, 1.54) is 11.6 Å². The van der Waals surface area contributed by atoms with Gasteiger partial charge < -0.3 is 9.84 Å². The van der Waals surface area contributed by atoms with Crippen LogP contribution in [0, 0.1) is 0 Å². The Balaban J connectivity index is 1.72. The fourth-order valence-electron chi connectivity index (χ4n) is 1.92. The zero-order valence-electron chi connectivity index (χ0n) is 9.58. The lowest BCUT2D eigenvalue weighted by molar-refractivity contribution is -0.142. The molecule has 1 aliphatic heterocycles. The molecule has 1 N–H and O–H groups in total. The maximum Gasteiger partial charge on any atom is 0.331 e. The number of hydrogen-bond donors (Lipinski definition) is 1. The number of aliphatic hydroxyl groups is 1. The molecule has 2 atom stereocenters. The van der Waals surface area contributed by atoms with Crippen molar-refractivity contribution in [1.29, 1.82) is 0 Å². The van der Waals surface area contributed by atoms with Gasteiger partial charge in [0.1, 0.15) is 6.10 Å². The number of aryl methyl sites for hydroxylation is 1. The summed E-state index contributed by atoms with van der Waals surface area (Å²) in [5, 5.41) is 9.82. The molecule has 3 heteroatoms. The third kappa shape index (κ3) is 3.43. The van der Waals surface area contributed by atoms with E-state index >= 15 is 0 Å². The second kappa shape index (κ2) is 5.64. The highest BCUT2D eigenvalue weighted by Gasteiger charge is 2.24. The highest BCUT2D eigenvalue weighted by atomic mass is 16.6. The third-order valence-electron chi connectivity index (χ3n) is 2.86. The van der Waals surface area contributed by atoms with Gasteiger partial charge in [-0.2, -0.15) is 0 Å². The number of hydrogen-bond acceptors (Lipinski definition) is 3. The quantitative estimate of drug-likeness (QED) is 0.788. The number of carbonyl (C=O) groups excluding carboxylic acids is 1. The largest absolute Gasteiger partial charge is 0.452 e. The summed E-state index contributed by atoms with van der Waals surface area (Å²) in [7, 11) is 0. The number of ether oxygens (including phenoxy) is 1. The summed E-state index contributed by atoms with van der Waals surface area (Å²) >= 11 is 0. The number of carbonyl (C=O) groups is 1. The minimum absolute atomic E-state index is 0.364. The van der Waals surface area contributed by atoms with Gasteiger partial charge in [0.25, 0.3) is 0 Å². The minimum atomic E-state index is -0.596. The third-order valence-corrected chi connectivity index (χ3v) is 2.86. The van der Waals surface area contributed by atoms with Crippen LogP contribution in [0.25, 0.3) is 0 Å². The molecule has 0 bridgehead atoms. The molecule has 1 heterocycles. The van der Waals surface area contributed by atoms with E-state index in [1.807, 2.05) is 18.2 Å². The van der Waals surface area contributed by atoms with Gasteiger partial charge in [0.2, 0.25) is 0 Å². The lowest BCUT2D eigenvalue weighted by atomic mass is 10.0. The van der Waals surface area contributed by atoms with E-state index in [1.54, 1.807) is 6.08 Å². The first-order valence-electron chi connectivity index (χ1n) is 5.86. The first-order chi connectivity index (χ1) is 8.25. The molecule has 90 valence electrons. The topological polar surface area (TPSA) is 46.5 Å². The Hall–Kier alpha value is -1.61. The van der Waals surface area contributed by atoms with Gasteiger partial charge in [-0.1, -0.05) is 30.3 Å². The Morgan fingerprint density at radius 3 is 2.71 bits per heavy atom. The van der Waals surface area contributed by atoms with Crippen molar-refractivity contribution in [2.75, 3.05) is 0 Å². The summed E-state index contributed by atoms with van der Waals surface area (Å²) in [6.07, 6.45) is 4.38. The Kier molecular flexibility index (Phi) is 3.94. The second-order valence-corrected chi connectivity index (χ2v) is 4.21. The maximum atomic E-state index is 10.8. The molecule has 1 aliphatic rings. The molecule has 0 radical (unpaired) electrons. The summed E-state index contributed by atoms with van der Waals surface area (Å²) in [4.78, 5) is 10.8. The van der Waals surface area contributed by atoms with Crippen LogP contribution in [0.2, 0.25) is 0 Å². The van der Waals surface area contributed by atoms with Gasteiger partial charge >= 0.3 is 5.97 Å². The van der Waals surface area contributed by atoms with Gasteiger partial charge in [-0.05, 0) is 30.9 Å². The number of benzene rings is 1. The van der Waals surface area contributed by atoms with Crippen molar-refractivity contribution in [1.82, 2.24) is 0 Å². The predicted octanol–water partition coefficient (Wildman–Crippen LogP) is 1.85. The molecule has 17 heavy (non-hydrogen) atoms. The summed E-state index contributed by atoms with van der Waals surface area (Å²) < 4.78 is 4.93. The predicted molar refractivity (Wildman–Crippen MR) is 64.4 cm³/mol. The first kappa shape index (κ1) is 11.9. The van der Waals surface area contributed by atoms with E-state index in [0.29, 0.717) is 6.42 Å². The van der Waals surface area contributed by atoms with E-state index < -0.39 is 12.2 Å². The Morgan fingerprint density at radius 2 is 2.06 bits per heavy atom. The maximum absolute atomic E-state index is 10.8. The van der Waals surface area contributed by atoms with Crippen molar-refractivity contribution in [3.8, 4) is 0 Å². The molecule has 1 aromatic rings. The average molecular weight is 232 g/mol. The molecule has 0 saturated heterocycles. The summed E-state index contributed by atoms with van der Waals surface area (Å²) in [5.74, 6) is -0.364. The van der Waals surface area contributed by atoms with Gasteiger partial charge in [-0.3, -0.25) is 0 Å². The number of cyclic esters (lactones) is 1. The lowest BCUT2D eigenvalue weighted by Crippen LogP contribution is -2.25. The zero-order valence-corrected chi connectivity index (χ0v) is 9.58. The van der Waals surface area contributed by atoms with Crippen LogP contribution < -0.4 is 0 Å². The Bertz CT molecular complexity index is 397. The number of aliphatic hydroxyl groups excluding tert-OH is 1. The summed E-state index contributed by atoms with van der Waals surface area (Å²) in [5.41, 5.74) is 1.26. The standard InChI is InChI=1S/C14H16O3/c15-12(13-9-10-14(16)17-13)8-4-7-11-5-2-1-3-6-11/h1-3,5-6,9-10,12-13,15H,4,7-8H2/t12-,13+/m0/s1. The van der Waals surface area contributed by atoms with Crippen molar-refractivity contribution in [3.05, 3.63) is 48.0 Å². The van der Waals surface area contributed by atoms with Crippen LogP contribution in [0.3, 0.4) is 0 Å². The molecule has 0 unspecified atom stereocenters. The number of rotatable bonds is 5. The monoisotopic (exact) mass is 232 g/mol. The van der Waals surface area contributed by atoms with E-state index in [0.717, 1.165) is 12.8 Å². The molecular weight excluding hydrogens is 216 g/mol. The second-order valence-electron chi connectivity index (χ2n) is 4.21. The summed E-state index contributed by atoms with van der Waals surface area (Å²) in [6.45, 7) is 0. The highest BCUT2D eigenvalue weighted by molar-refractivity contribution is 5.84. The van der Waals surface area contributed by atoms with Crippen molar-refractivity contribution >= 4 is 5.97 Å².